The summed E-state index contributed by atoms with van der Waals surface area (Å²) in [6, 6.07) is 23.3. The molecule has 0 unspecified atom stereocenters. The number of nitrogens with zero attached hydrogens (tertiary/aromatic N) is 1. The highest BCUT2D eigenvalue weighted by atomic mass is 35.5. The van der Waals surface area contributed by atoms with E-state index in [9.17, 15) is 9.59 Å². The number of morpholine rings is 1. The van der Waals surface area contributed by atoms with Crippen LogP contribution in [0.2, 0.25) is 5.02 Å². The number of ether oxygens (including phenoxy) is 2. The van der Waals surface area contributed by atoms with E-state index >= 15 is 0 Å². The fraction of sp³-hybridized carbons (Fsp3) is 0.154. The van der Waals surface area contributed by atoms with Crippen molar-refractivity contribution in [3.8, 4) is 11.5 Å². The maximum absolute atomic E-state index is 13.2. The highest BCUT2D eigenvalue weighted by Gasteiger charge is 2.22. The number of hydrogen-bond acceptors (Lipinski definition) is 4. The molecule has 2 amide bonds. The maximum atomic E-state index is 13.2. The molecule has 0 aliphatic carbocycles. The standard InChI is InChI=1S/C26H23ClN2O4/c27-21-11-9-20(10-12-21)25(30)28-24(26(31)29-13-15-32-16-14-29)18-19-5-4-8-23(17-19)33-22-6-2-1-3-7-22/h1-12,17-18H,13-16H2,(H,28,30)/b24-18+. The molecule has 3 aromatic rings. The number of amides is 2. The molecule has 1 aliphatic rings. The summed E-state index contributed by atoms with van der Waals surface area (Å²) in [7, 11) is 0. The van der Waals surface area contributed by atoms with Crippen LogP contribution in [0.1, 0.15) is 15.9 Å². The summed E-state index contributed by atoms with van der Waals surface area (Å²) in [5.74, 6) is 0.669. The van der Waals surface area contributed by atoms with Crippen LogP contribution in [0, 0.1) is 0 Å². The molecule has 0 spiro atoms. The van der Waals surface area contributed by atoms with E-state index in [1.807, 2.05) is 54.6 Å². The van der Waals surface area contributed by atoms with Crippen LogP contribution in [0.3, 0.4) is 0 Å². The fourth-order valence-electron chi connectivity index (χ4n) is 3.34. The van der Waals surface area contributed by atoms with E-state index < -0.39 is 5.91 Å². The molecule has 3 aromatic carbocycles. The van der Waals surface area contributed by atoms with E-state index in [0.717, 1.165) is 5.56 Å². The SMILES string of the molecule is O=C(N/C(=C/c1cccc(Oc2ccccc2)c1)C(=O)N1CCOCC1)c1ccc(Cl)cc1. The van der Waals surface area contributed by atoms with E-state index in [2.05, 4.69) is 5.32 Å². The number of benzene rings is 3. The van der Waals surface area contributed by atoms with Crippen LogP contribution >= 0.6 is 11.6 Å². The lowest BCUT2D eigenvalue weighted by Crippen LogP contribution is -2.44. The number of carbonyl (C=O) groups is 2. The van der Waals surface area contributed by atoms with E-state index in [0.29, 0.717) is 48.4 Å². The van der Waals surface area contributed by atoms with Crippen LogP contribution in [-0.4, -0.2) is 43.0 Å². The summed E-state index contributed by atoms with van der Waals surface area (Å²) in [6.45, 7) is 1.85. The summed E-state index contributed by atoms with van der Waals surface area (Å²) in [6.07, 6.45) is 1.66. The molecule has 4 rings (SSSR count). The van der Waals surface area contributed by atoms with Crippen molar-refractivity contribution in [2.24, 2.45) is 0 Å². The van der Waals surface area contributed by atoms with Crippen LogP contribution in [-0.2, 0) is 9.53 Å². The highest BCUT2D eigenvalue weighted by Crippen LogP contribution is 2.23. The topological polar surface area (TPSA) is 67.9 Å². The molecule has 0 atom stereocenters. The summed E-state index contributed by atoms with van der Waals surface area (Å²) in [4.78, 5) is 27.7. The molecule has 0 saturated carbocycles. The first kappa shape index (κ1) is 22.6. The lowest BCUT2D eigenvalue weighted by molar-refractivity contribution is -0.131. The van der Waals surface area contributed by atoms with Crippen molar-refractivity contribution >= 4 is 29.5 Å². The van der Waals surface area contributed by atoms with Crippen molar-refractivity contribution in [1.82, 2.24) is 10.2 Å². The number of rotatable bonds is 6. The number of hydrogen-bond donors (Lipinski definition) is 1. The first-order valence-electron chi connectivity index (χ1n) is 10.6. The molecular weight excluding hydrogens is 440 g/mol. The zero-order chi connectivity index (χ0) is 23.0. The molecule has 168 valence electrons. The molecule has 33 heavy (non-hydrogen) atoms. The minimum atomic E-state index is -0.392. The number of carbonyl (C=O) groups excluding carboxylic acids is 2. The minimum absolute atomic E-state index is 0.175. The van der Waals surface area contributed by atoms with Gasteiger partial charge in [-0.3, -0.25) is 9.59 Å². The predicted molar refractivity (Wildman–Crippen MR) is 127 cm³/mol. The maximum Gasteiger partial charge on any atom is 0.270 e. The monoisotopic (exact) mass is 462 g/mol. The molecule has 1 fully saturated rings. The van der Waals surface area contributed by atoms with E-state index in [1.165, 1.54) is 0 Å². The van der Waals surface area contributed by atoms with Gasteiger partial charge in [-0.1, -0.05) is 41.9 Å². The lowest BCUT2D eigenvalue weighted by atomic mass is 10.1. The summed E-state index contributed by atoms with van der Waals surface area (Å²) in [5, 5.41) is 3.30. The molecule has 0 radical (unpaired) electrons. The van der Waals surface area contributed by atoms with Gasteiger partial charge < -0.3 is 19.7 Å². The molecule has 1 N–H and O–H groups in total. The van der Waals surface area contributed by atoms with Gasteiger partial charge in [0.1, 0.15) is 17.2 Å². The second kappa shape index (κ2) is 10.8. The Morgan fingerprint density at radius 3 is 2.33 bits per heavy atom. The van der Waals surface area contributed by atoms with Gasteiger partial charge in [0.15, 0.2) is 0 Å². The Labute approximate surface area is 197 Å². The Kier molecular flexibility index (Phi) is 7.40. The van der Waals surface area contributed by atoms with Gasteiger partial charge in [-0.05, 0) is 60.2 Å². The minimum Gasteiger partial charge on any atom is -0.457 e. The lowest BCUT2D eigenvalue weighted by Gasteiger charge is -2.27. The van der Waals surface area contributed by atoms with Crippen molar-refractivity contribution in [2.75, 3.05) is 26.3 Å². The average Bonchev–Trinajstić information content (AvgIpc) is 2.85. The van der Waals surface area contributed by atoms with Crippen molar-refractivity contribution < 1.29 is 19.1 Å². The second-order valence-corrected chi connectivity index (χ2v) is 7.85. The van der Waals surface area contributed by atoms with Crippen LogP contribution in [0.4, 0.5) is 0 Å². The van der Waals surface area contributed by atoms with Gasteiger partial charge >= 0.3 is 0 Å². The smallest absolute Gasteiger partial charge is 0.270 e. The van der Waals surface area contributed by atoms with Crippen molar-refractivity contribution in [3.05, 3.63) is 101 Å². The van der Waals surface area contributed by atoms with Gasteiger partial charge in [-0.2, -0.15) is 0 Å². The first-order valence-corrected chi connectivity index (χ1v) is 10.9. The van der Waals surface area contributed by atoms with Gasteiger partial charge in [0.25, 0.3) is 11.8 Å². The number of halogens is 1. The molecule has 1 heterocycles. The third-order valence-corrected chi connectivity index (χ3v) is 5.28. The van der Waals surface area contributed by atoms with Crippen molar-refractivity contribution in [1.29, 1.82) is 0 Å². The summed E-state index contributed by atoms with van der Waals surface area (Å²) >= 11 is 5.93. The van der Waals surface area contributed by atoms with E-state index in [4.69, 9.17) is 21.1 Å². The number of para-hydroxylation sites is 1. The van der Waals surface area contributed by atoms with Crippen molar-refractivity contribution in [3.63, 3.8) is 0 Å². The zero-order valence-electron chi connectivity index (χ0n) is 17.9. The molecule has 1 saturated heterocycles. The highest BCUT2D eigenvalue weighted by molar-refractivity contribution is 6.30. The van der Waals surface area contributed by atoms with Crippen LogP contribution < -0.4 is 10.1 Å². The van der Waals surface area contributed by atoms with Gasteiger partial charge in [0.2, 0.25) is 0 Å². The third-order valence-electron chi connectivity index (χ3n) is 5.03. The van der Waals surface area contributed by atoms with Gasteiger partial charge in [-0.25, -0.2) is 0 Å². The Hall–Kier alpha value is -3.61. The summed E-state index contributed by atoms with van der Waals surface area (Å²) < 4.78 is 11.3. The quantitative estimate of drug-likeness (QED) is 0.536. The first-order chi connectivity index (χ1) is 16.1. The third kappa shape index (κ3) is 6.22. The average molecular weight is 463 g/mol. The largest absolute Gasteiger partial charge is 0.457 e. The molecule has 0 aromatic heterocycles. The fourth-order valence-corrected chi connectivity index (χ4v) is 3.47. The zero-order valence-corrected chi connectivity index (χ0v) is 18.6. The Morgan fingerprint density at radius 1 is 0.909 bits per heavy atom. The molecule has 1 aliphatic heterocycles. The molecule has 7 heteroatoms. The Bertz CT molecular complexity index is 1140. The Balaban J connectivity index is 1.60. The van der Waals surface area contributed by atoms with Crippen LogP contribution in [0.25, 0.3) is 6.08 Å². The summed E-state index contributed by atoms with van der Waals surface area (Å²) in [5.41, 5.74) is 1.30. The van der Waals surface area contributed by atoms with Crippen molar-refractivity contribution in [2.45, 2.75) is 0 Å². The molecule has 0 bridgehead atoms. The van der Waals surface area contributed by atoms with E-state index in [1.54, 1.807) is 35.2 Å². The predicted octanol–water partition coefficient (Wildman–Crippen LogP) is 4.76. The van der Waals surface area contributed by atoms with Gasteiger partial charge in [0, 0.05) is 23.7 Å². The normalized spacial score (nSPS) is 14.0. The van der Waals surface area contributed by atoms with Crippen LogP contribution in [0.15, 0.2) is 84.6 Å². The van der Waals surface area contributed by atoms with Gasteiger partial charge in [0.05, 0.1) is 13.2 Å². The molecular formula is C26H23ClN2O4. The van der Waals surface area contributed by atoms with Crippen LogP contribution in [0.5, 0.6) is 11.5 Å². The molecule has 6 nitrogen and oxygen atoms in total. The Morgan fingerprint density at radius 2 is 1.61 bits per heavy atom. The van der Waals surface area contributed by atoms with E-state index in [-0.39, 0.29) is 11.6 Å². The van der Waals surface area contributed by atoms with Gasteiger partial charge in [-0.15, -0.1) is 0 Å². The second-order valence-electron chi connectivity index (χ2n) is 7.41. The number of nitrogens with one attached hydrogen (secondary N) is 1.